The third kappa shape index (κ3) is 16.7. The second-order valence-electron chi connectivity index (χ2n) is 7.54. The second kappa shape index (κ2) is 18.2. The summed E-state index contributed by atoms with van der Waals surface area (Å²) in [4.78, 5) is 22.4. The largest absolute Gasteiger partial charge is 0.480 e. The van der Waals surface area contributed by atoms with E-state index in [2.05, 4.69) is 6.92 Å². The molecule has 0 aliphatic carbocycles. The van der Waals surface area contributed by atoms with Crippen molar-refractivity contribution in [1.82, 2.24) is 0 Å². The van der Waals surface area contributed by atoms with Crippen molar-refractivity contribution in [2.75, 3.05) is 6.61 Å². The Labute approximate surface area is 165 Å². The minimum absolute atomic E-state index is 0.315. The van der Waals surface area contributed by atoms with Crippen molar-refractivity contribution in [3.05, 3.63) is 0 Å². The number of hydrogen-bond donors (Lipinski definition) is 3. The average molecular weight is 387 g/mol. The van der Waals surface area contributed by atoms with Gasteiger partial charge < -0.3 is 21.3 Å². The van der Waals surface area contributed by atoms with Gasteiger partial charge in [-0.3, -0.25) is 9.59 Å². The van der Waals surface area contributed by atoms with Crippen LogP contribution < -0.4 is 11.5 Å². The molecule has 0 heterocycles. The van der Waals surface area contributed by atoms with E-state index in [0.29, 0.717) is 25.9 Å². The predicted molar refractivity (Wildman–Crippen MR) is 109 cm³/mol. The number of carboxylic acid groups (broad SMARTS) is 1. The van der Waals surface area contributed by atoms with Crippen molar-refractivity contribution < 1.29 is 19.4 Å². The molecule has 0 radical (unpaired) electrons. The van der Waals surface area contributed by atoms with Crippen LogP contribution in [-0.4, -0.2) is 35.7 Å². The molecule has 160 valence electrons. The maximum Gasteiger partial charge on any atom is 0.322 e. The van der Waals surface area contributed by atoms with Gasteiger partial charge in [-0.25, -0.2) is 0 Å². The Kier molecular flexibility index (Phi) is 17.5. The number of ether oxygens (including phenoxy) is 1. The molecule has 0 fully saturated rings. The minimum Gasteiger partial charge on any atom is -0.480 e. The number of unbranched alkanes of at least 4 members (excludes halogenated alkanes) is 11. The smallest absolute Gasteiger partial charge is 0.322 e. The summed E-state index contributed by atoms with van der Waals surface area (Å²) in [7, 11) is 0. The van der Waals surface area contributed by atoms with E-state index in [-0.39, 0.29) is 0 Å². The number of aliphatic carboxylic acids is 1. The van der Waals surface area contributed by atoms with Gasteiger partial charge in [0, 0.05) is 0 Å². The number of carbonyl (C=O) groups excluding carboxylic acids is 1. The Bertz CT molecular complexity index is 377. The van der Waals surface area contributed by atoms with Crippen molar-refractivity contribution in [3.63, 3.8) is 0 Å². The Morgan fingerprint density at radius 3 is 1.67 bits per heavy atom. The first kappa shape index (κ1) is 25.9. The monoisotopic (exact) mass is 386 g/mol. The molecule has 0 aromatic rings. The predicted octanol–water partition coefficient (Wildman–Crippen LogP) is 4.14. The highest BCUT2D eigenvalue weighted by atomic mass is 16.5. The van der Waals surface area contributed by atoms with Gasteiger partial charge in [-0.1, -0.05) is 77.6 Å². The van der Waals surface area contributed by atoms with Crippen molar-refractivity contribution in [3.8, 4) is 0 Å². The van der Waals surface area contributed by atoms with Crippen LogP contribution in [0.3, 0.4) is 0 Å². The molecular weight excluding hydrogens is 344 g/mol. The molecule has 0 saturated heterocycles. The van der Waals surface area contributed by atoms with Gasteiger partial charge in [-0.05, 0) is 25.7 Å². The first-order valence-electron chi connectivity index (χ1n) is 10.9. The lowest BCUT2D eigenvalue weighted by atomic mass is 10.1. The van der Waals surface area contributed by atoms with Crippen molar-refractivity contribution >= 4 is 11.9 Å². The molecule has 0 bridgehead atoms. The van der Waals surface area contributed by atoms with Gasteiger partial charge in [0.05, 0.1) is 6.61 Å². The van der Waals surface area contributed by atoms with Gasteiger partial charge in [-0.2, -0.15) is 0 Å². The third-order valence-electron chi connectivity index (χ3n) is 4.89. The molecule has 0 aliphatic heterocycles. The van der Waals surface area contributed by atoms with Crippen LogP contribution in [0.4, 0.5) is 0 Å². The van der Waals surface area contributed by atoms with Gasteiger partial charge in [0.2, 0.25) is 0 Å². The molecule has 0 aromatic heterocycles. The van der Waals surface area contributed by atoms with Crippen LogP contribution in [0.2, 0.25) is 0 Å². The standard InChI is InChI=1S/C21H42N2O4/c1-2-3-4-5-6-7-8-9-10-11-12-13-17-27-21(26)19(23)16-14-15-18(22)20(24)25/h18-19H,2-17,22-23H2,1H3,(H,24,25). The first-order valence-corrected chi connectivity index (χ1v) is 10.9. The summed E-state index contributed by atoms with van der Waals surface area (Å²) in [6.07, 6.45) is 16.4. The molecule has 2 atom stereocenters. The average Bonchev–Trinajstić information content (AvgIpc) is 2.64. The summed E-state index contributed by atoms with van der Waals surface area (Å²) < 4.78 is 5.19. The van der Waals surface area contributed by atoms with E-state index in [1.165, 1.54) is 64.2 Å². The second-order valence-corrected chi connectivity index (χ2v) is 7.54. The third-order valence-corrected chi connectivity index (χ3v) is 4.89. The fourth-order valence-electron chi connectivity index (χ4n) is 3.02. The Balaban J connectivity index is 3.38. The molecule has 0 amide bonds. The van der Waals surface area contributed by atoms with Gasteiger partial charge in [0.15, 0.2) is 0 Å². The zero-order valence-corrected chi connectivity index (χ0v) is 17.3. The quantitative estimate of drug-likeness (QED) is 0.227. The van der Waals surface area contributed by atoms with E-state index in [9.17, 15) is 9.59 Å². The van der Waals surface area contributed by atoms with Crippen molar-refractivity contribution in [2.24, 2.45) is 11.5 Å². The highest BCUT2D eigenvalue weighted by Gasteiger charge is 2.17. The molecule has 27 heavy (non-hydrogen) atoms. The van der Waals surface area contributed by atoms with Gasteiger partial charge >= 0.3 is 11.9 Å². The lowest BCUT2D eigenvalue weighted by Crippen LogP contribution is -2.34. The topological polar surface area (TPSA) is 116 Å². The highest BCUT2D eigenvalue weighted by molar-refractivity contribution is 5.75. The maximum absolute atomic E-state index is 11.8. The molecule has 2 unspecified atom stereocenters. The normalized spacial score (nSPS) is 13.3. The van der Waals surface area contributed by atoms with Crippen LogP contribution in [0.5, 0.6) is 0 Å². The van der Waals surface area contributed by atoms with Gasteiger partial charge in [-0.15, -0.1) is 0 Å². The molecule has 0 saturated carbocycles. The molecule has 6 heteroatoms. The van der Waals surface area contributed by atoms with Crippen LogP contribution >= 0.6 is 0 Å². The summed E-state index contributed by atoms with van der Waals surface area (Å²) in [5, 5.41) is 8.70. The highest BCUT2D eigenvalue weighted by Crippen LogP contribution is 2.12. The van der Waals surface area contributed by atoms with E-state index in [1.54, 1.807) is 0 Å². The Morgan fingerprint density at radius 2 is 1.19 bits per heavy atom. The lowest BCUT2D eigenvalue weighted by molar-refractivity contribution is -0.145. The molecule has 0 aromatic carbocycles. The molecule has 0 aliphatic rings. The number of carboxylic acids is 1. The number of esters is 1. The van der Waals surface area contributed by atoms with Gasteiger partial charge in [0.25, 0.3) is 0 Å². The summed E-state index contributed by atoms with van der Waals surface area (Å²) in [5.74, 6) is -1.43. The van der Waals surface area contributed by atoms with Crippen LogP contribution in [-0.2, 0) is 14.3 Å². The molecule has 6 nitrogen and oxygen atoms in total. The number of rotatable bonds is 19. The maximum atomic E-state index is 11.8. The summed E-state index contributed by atoms with van der Waals surface area (Å²) in [6, 6.07) is -1.59. The SMILES string of the molecule is CCCCCCCCCCCCCCOC(=O)C(N)CCCC(N)C(=O)O. The lowest BCUT2D eigenvalue weighted by Gasteiger charge is -2.12. The fourth-order valence-corrected chi connectivity index (χ4v) is 3.02. The zero-order valence-electron chi connectivity index (χ0n) is 17.3. The summed E-state index contributed by atoms with van der Waals surface area (Å²) >= 11 is 0. The Hall–Kier alpha value is -1.14. The minimum atomic E-state index is -1.03. The van der Waals surface area contributed by atoms with Crippen LogP contribution in [0.1, 0.15) is 103 Å². The Morgan fingerprint density at radius 1 is 0.741 bits per heavy atom. The van der Waals surface area contributed by atoms with E-state index >= 15 is 0 Å². The van der Waals surface area contributed by atoms with E-state index in [1.807, 2.05) is 0 Å². The molecule has 0 rings (SSSR count). The molecule has 0 spiro atoms. The summed E-state index contributed by atoms with van der Waals surface area (Å²) in [6.45, 7) is 2.66. The van der Waals surface area contributed by atoms with Crippen molar-refractivity contribution in [1.29, 1.82) is 0 Å². The zero-order chi connectivity index (χ0) is 20.3. The molecule has 5 N–H and O–H groups in total. The number of carbonyl (C=O) groups is 2. The summed E-state index contributed by atoms with van der Waals surface area (Å²) in [5.41, 5.74) is 11.2. The first-order chi connectivity index (χ1) is 13.0. The van der Waals surface area contributed by atoms with Gasteiger partial charge in [0.1, 0.15) is 12.1 Å². The fraction of sp³-hybridized carbons (Fsp3) is 0.905. The van der Waals surface area contributed by atoms with Crippen molar-refractivity contribution in [2.45, 2.75) is 115 Å². The van der Waals surface area contributed by atoms with E-state index < -0.39 is 24.0 Å². The number of hydrogen-bond acceptors (Lipinski definition) is 5. The number of nitrogens with two attached hydrogens (primary N) is 2. The van der Waals surface area contributed by atoms with Crippen LogP contribution in [0.25, 0.3) is 0 Å². The molecular formula is C21H42N2O4. The van der Waals surface area contributed by atoms with Crippen LogP contribution in [0.15, 0.2) is 0 Å². The van der Waals surface area contributed by atoms with E-state index in [0.717, 1.165) is 12.8 Å². The van der Waals surface area contributed by atoms with E-state index in [4.69, 9.17) is 21.3 Å². The van der Waals surface area contributed by atoms with Crippen LogP contribution in [0, 0.1) is 0 Å².